The first-order valence-corrected chi connectivity index (χ1v) is 10.0. The standard InChI is InChI=1S/C24H22N4O/c1-15(2)16-8-10-17(11-9-16)19-12-21-20(22(29)13-19)14-28-24(25-21)26-23(27-28)18-6-4-3-5-7-18/h3-11,14-15,19H,12-13H2,1-2H3/t19-/m0/s1. The number of aromatic nitrogens is 4. The van der Waals surface area contributed by atoms with Crippen molar-refractivity contribution in [3.63, 3.8) is 0 Å². The van der Waals surface area contributed by atoms with Gasteiger partial charge in [0.15, 0.2) is 11.6 Å². The third kappa shape index (κ3) is 3.23. The second-order valence-corrected chi connectivity index (χ2v) is 8.00. The van der Waals surface area contributed by atoms with E-state index in [0.717, 1.165) is 17.7 Å². The normalized spacial score (nSPS) is 16.4. The van der Waals surface area contributed by atoms with Crippen LogP contribution in [0.5, 0.6) is 0 Å². The van der Waals surface area contributed by atoms with Gasteiger partial charge in [0.25, 0.3) is 5.78 Å². The average Bonchev–Trinajstić information content (AvgIpc) is 3.16. The Morgan fingerprint density at radius 1 is 0.966 bits per heavy atom. The van der Waals surface area contributed by atoms with Crippen molar-refractivity contribution in [2.75, 3.05) is 0 Å². The van der Waals surface area contributed by atoms with Crippen LogP contribution in [0.2, 0.25) is 0 Å². The van der Waals surface area contributed by atoms with Gasteiger partial charge in [0.1, 0.15) is 0 Å². The van der Waals surface area contributed by atoms with E-state index in [1.807, 2.05) is 30.3 Å². The zero-order valence-electron chi connectivity index (χ0n) is 16.5. The van der Waals surface area contributed by atoms with Gasteiger partial charge in [-0.2, -0.15) is 4.98 Å². The van der Waals surface area contributed by atoms with Crippen molar-refractivity contribution in [1.82, 2.24) is 19.6 Å². The van der Waals surface area contributed by atoms with Crippen LogP contribution in [0.25, 0.3) is 17.2 Å². The molecule has 29 heavy (non-hydrogen) atoms. The van der Waals surface area contributed by atoms with Crippen LogP contribution >= 0.6 is 0 Å². The van der Waals surface area contributed by atoms with Crippen molar-refractivity contribution >= 4 is 11.6 Å². The molecular formula is C24H22N4O. The molecule has 0 unspecified atom stereocenters. The van der Waals surface area contributed by atoms with Gasteiger partial charge in [-0.15, -0.1) is 5.10 Å². The maximum atomic E-state index is 12.9. The molecule has 1 aliphatic carbocycles. The fourth-order valence-corrected chi connectivity index (χ4v) is 3.98. The van der Waals surface area contributed by atoms with E-state index in [4.69, 9.17) is 4.98 Å². The molecule has 0 bridgehead atoms. The van der Waals surface area contributed by atoms with Crippen LogP contribution in [0.15, 0.2) is 60.8 Å². The molecule has 5 heteroatoms. The first kappa shape index (κ1) is 17.7. The number of hydrogen-bond donors (Lipinski definition) is 0. The SMILES string of the molecule is CC(C)c1ccc([C@@H]2CC(=O)c3cn4nc(-c5ccccc5)nc4nc3C2)cc1. The first-order chi connectivity index (χ1) is 14.1. The van der Waals surface area contributed by atoms with Crippen molar-refractivity contribution in [2.45, 2.75) is 38.5 Å². The Morgan fingerprint density at radius 3 is 2.45 bits per heavy atom. The minimum absolute atomic E-state index is 0.121. The predicted octanol–water partition coefficient (Wildman–Crippen LogP) is 4.83. The molecule has 0 amide bonds. The van der Waals surface area contributed by atoms with Crippen LogP contribution in [0.4, 0.5) is 0 Å². The van der Waals surface area contributed by atoms with Crippen LogP contribution < -0.4 is 0 Å². The highest BCUT2D eigenvalue weighted by atomic mass is 16.1. The Balaban J connectivity index is 1.50. The van der Waals surface area contributed by atoms with Gasteiger partial charge in [-0.25, -0.2) is 9.50 Å². The molecule has 5 nitrogen and oxygen atoms in total. The molecule has 1 atom stereocenters. The summed E-state index contributed by atoms with van der Waals surface area (Å²) >= 11 is 0. The minimum atomic E-state index is 0.121. The molecule has 2 aromatic heterocycles. The van der Waals surface area contributed by atoms with Gasteiger partial charge >= 0.3 is 0 Å². The van der Waals surface area contributed by atoms with Crippen LogP contribution in [-0.2, 0) is 6.42 Å². The molecule has 4 aromatic rings. The van der Waals surface area contributed by atoms with E-state index in [0.29, 0.717) is 29.5 Å². The van der Waals surface area contributed by atoms with Gasteiger partial charge in [0.05, 0.1) is 11.3 Å². The molecular weight excluding hydrogens is 360 g/mol. The number of fused-ring (bicyclic) bond motifs is 2. The number of benzene rings is 2. The van der Waals surface area contributed by atoms with E-state index in [-0.39, 0.29) is 11.7 Å². The Hall–Kier alpha value is -3.34. The van der Waals surface area contributed by atoms with Crippen molar-refractivity contribution in [3.05, 3.63) is 83.2 Å². The lowest BCUT2D eigenvalue weighted by molar-refractivity contribution is 0.0962. The number of rotatable bonds is 3. The van der Waals surface area contributed by atoms with Gasteiger partial charge in [0, 0.05) is 18.2 Å². The fraction of sp³-hybridized carbons (Fsp3) is 0.250. The number of hydrogen-bond acceptors (Lipinski definition) is 4. The van der Waals surface area contributed by atoms with Gasteiger partial charge in [0.2, 0.25) is 0 Å². The van der Waals surface area contributed by atoms with Crippen molar-refractivity contribution in [1.29, 1.82) is 0 Å². The summed E-state index contributed by atoms with van der Waals surface area (Å²) in [4.78, 5) is 22.1. The molecule has 2 aromatic carbocycles. The number of nitrogens with zero attached hydrogens (tertiary/aromatic N) is 4. The summed E-state index contributed by atoms with van der Waals surface area (Å²) in [6.45, 7) is 4.37. The third-order valence-corrected chi connectivity index (χ3v) is 5.69. The topological polar surface area (TPSA) is 60.2 Å². The first-order valence-electron chi connectivity index (χ1n) is 10.0. The quantitative estimate of drug-likeness (QED) is 0.509. The predicted molar refractivity (Wildman–Crippen MR) is 112 cm³/mol. The van der Waals surface area contributed by atoms with E-state index >= 15 is 0 Å². The Labute approximate surface area is 169 Å². The Morgan fingerprint density at radius 2 is 1.72 bits per heavy atom. The lowest BCUT2D eigenvalue weighted by Crippen LogP contribution is -2.21. The molecule has 0 radical (unpaired) electrons. The second-order valence-electron chi connectivity index (χ2n) is 8.00. The number of ketones is 1. The fourth-order valence-electron chi connectivity index (χ4n) is 3.98. The molecule has 0 spiro atoms. The maximum Gasteiger partial charge on any atom is 0.252 e. The molecule has 0 saturated heterocycles. The van der Waals surface area contributed by atoms with E-state index in [1.54, 1.807) is 10.7 Å². The van der Waals surface area contributed by atoms with Crippen molar-refractivity contribution in [3.8, 4) is 11.4 Å². The van der Waals surface area contributed by atoms with E-state index in [1.165, 1.54) is 11.1 Å². The highest BCUT2D eigenvalue weighted by Gasteiger charge is 2.28. The average molecular weight is 382 g/mol. The minimum Gasteiger partial charge on any atom is -0.294 e. The summed E-state index contributed by atoms with van der Waals surface area (Å²) in [5, 5.41) is 4.52. The van der Waals surface area contributed by atoms with Gasteiger partial charge in [-0.3, -0.25) is 4.79 Å². The summed E-state index contributed by atoms with van der Waals surface area (Å²) in [6, 6.07) is 18.5. The van der Waals surface area contributed by atoms with E-state index in [9.17, 15) is 4.79 Å². The van der Waals surface area contributed by atoms with E-state index < -0.39 is 0 Å². The summed E-state index contributed by atoms with van der Waals surface area (Å²) in [5.41, 5.74) is 4.93. The molecule has 144 valence electrons. The monoisotopic (exact) mass is 382 g/mol. The van der Waals surface area contributed by atoms with Crippen LogP contribution in [0.3, 0.4) is 0 Å². The molecule has 1 aliphatic rings. The molecule has 0 fully saturated rings. The Kier molecular flexibility index (Phi) is 4.23. The summed E-state index contributed by atoms with van der Waals surface area (Å²) in [6.07, 6.45) is 3.03. The number of carbonyl (C=O) groups excluding carboxylic acids is 1. The summed E-state index contributed by atoms with van der Waals surface area (Å²) in [5.74, 6) is 1.93. The molecule has 0 aliphatic heterocycles. The molecule has 0 saturated carbocycles. The van der Waals surface area contributed by atoms with Crippen LogP contribution in [0.1, 0.15) is 59.3 Å². The molecule has 0 N–H and O–H groups in total. The summed E-state index contributed by atoms with van der Waals surface area (Å²) in [7, 11) is 0. The maximum absolute atomic E-state index is 12.9. The highest BCUT2D eigenvalue weighted by molar-refractivity contribution is 5.98. The van der Waals surface area contributed by atoms with Gasteiger partial charge < -0.3 is 0 Å². The van der Waals surface area contributed by atoms with Crippen LogP contribution in [-0.4, -0.2) is 25.4 Å². The lowest BCUT2D eigenvalue weighted by atomic mass is 9.81. The smallest absolute Gasteiger partial charge is 0.252 e. The van der Waals surface area contributed by atoms with Crippen molar-refractivity contribution < 1.29 is 4.79 Å². The van der Waals surface area contributed by atoms with Gasteiger partial charge in [-0.1, -0.05) is 68.4 Å². The van der Waals surface area contributed by atoms with Crippen LogP contribution in [0, 0.1) is 0 Å². The molecule has 2 heterocycles. The summed E-state index contributed by atoms with van der Waals surface area (Å²) < 4.78 is 1.62. The van der Waals surface area contributed by atoms with E-state index in [2.05, 4.69) is 48.2 Å². The van der Waals surface area contributed by atoms with Gasteiger partial charge in [-0.05, 0) is 29.4 Å². The number of Topliss-reactive ketones (excluding diaryl/α,β-unsaturated/α-hetero) is 1. The molecule has 5 rings (SSSR count). The highest BCUT2D eigenvalue weighted by Crippen LogP contribution is 2.32. The third-order valence-electron chi connectivity index (χ3n) is 5.69. The Bertz CT molecular complexity index is 1190. The zero-order valence-corrected chi connectivity index (χ0v) is 16.5. The van der Waals surface area contributed by atoms with Crippen molar-refractivity contribution in [2.24, 2.45) is 0 Å². The largest absolute Gasteiger partial charge is 0.294 e. The lowest BCUT2D eigenvalue weighted by Gasteiger charge is -2.23. The second kappa shape index (κ2) is 6.92. The zero-order chi connectivity index (χ0) is 20.0. The number of carbonyl (C=O) groups is 1.